The van der Waals surface area contributed by atoms with Gasteiger partial charge in [-0.1, -0.05) is 12.1 Å². The molecule has 0 aliphatic heterocycles. The Morgan fingerprint density at radius 1 is 1.16 bits per heavy atom. The molecule has 0 fully saturated rings. The van der Waals surface area contributed by atoms with Gasteiger partial charge in [-0.25, -0.2) is 4.39 Å². The summed E-state index contributed by atoms with van der Waals surface area (Å²) in [4.78, 5) is 23.1. The second-order valence-corrected chi connectivity index (χ2v) is 5.65. The smallest absolute Gasteiger partial charge is 0.223 e. The van der Waals surface area contributed by atoms with Crippen LogP contribution in [0.15, 0.2) is 48.5 Å². The zero-order chi connectivity index (χ0) is 18.2. The van der Waals surface area contributed by atoms with Gasteiger partial charge in [0.05, 0.1) is 19.1 Å². The van der Waals surface area contributed by atoms with E-state index in [2.05, 4.69) is 10.6 Å². The zero-order valence-corrected chi connectivity index (χ0v) is 14.2. The van der Waals surface area contributed by atoms with Crippen LogP contribution >= 0.6 is 0 Å². The number of nitrogens with one attached hydrogen (secondary N) is 2. The molecule has 5 nitrogen and oxygen atoms in total. The first-order valence-electron chi connectivity index (χ1n) is 7.99. The Kier molecular flexibility index (Phi) is 6.51. The van der Waals surface area contributed by atoms with E-state index in [1.54, 1.807) is 6.07 Å². The van der Waals surface area contributed by atoms with Crippen LogP contribution in [0.2, 0.25) is 0 Å². The van der Waals surface area contributed by atoms with E-state index >= 15 is 0 Å². The SMILES string of the molecule is CC(=O)Nc1cccc([C@H](C)NC(=O)CCOc2ccc(F)cc2)c1. The Hall–Kier alpha value is -2.89. The highest BCUT2D eigenvalue weighted by atomic mass is 19.1. The Labute approximate surface area is 146 Å². The minimum absolute atomic E-state index is 0.146. The van der Waals surface area contributed by atoms with Crippen molar-refractivity contribution < 1.29 is 18.7 Å². The second kappa shape index (κ2) is 8.82. The number of benzene rings is 2. The molecule has 0 radical (unpaired) electrons. The number of hydrogen-bond acceptors (Lipinski definition) is 3. The van der Waals surface area contributed by atoms with Gasteiger partial charge in [-0.05, 0) is 48.9 Å². The van der Waals surface area contributed by atoms with Crippen molar-refractivity contribution in [2.24, 2.45) is 0 Å². The molecule has 0 spiro atoms. The number of anilines is 1. The Morgan fingerprint density at radius 3 is 2.56 bits per heavy atom. The number of ether oxygens (including phenoxy) is 1. The third-order valence-corrected chi connectivity index (χ3v) is 3.50. The minimum atomic E-state index is -0.333. The molecule has 0 saturated carbocycles. The first-order chi connectivity index (χ1) is 11.9. The summed E-state index contributed by atoms with van der Waals surface area (Å²) in [7, 11) is 0. The number of halogens is 1. The van der Waals surface area contributed by atoms with Crippen LogP contribution in [0.4, 0.5) is 10.1 Å². The maximum absolute atomic E-state index is 12.8. The van der Waals surface area contributed by atoms with Gasteiger partial charge in [0, 0.05) is 12.6 Å². The molecule has 0 bridgehead atoms. The molecule has 2 rings (SSSR count). The fourth-order valence-corrected chi connectivity index (χ4v) is 2.28. The number of rotatable bonds is 7. The monoisotopic (exact) mass is 344 g/mol. The molecular formula is C19H21FN2O3. The average molecular weight is 344 g/mol. The van der Waals surface area contributed by atoms with Gasteiger partial charge < -0.3 is 15.4 Å². The molecule has 25 heavy (non-hydrogen) atoms. The lowest BCUT2D eigenvalue weighted by Crippen LogP contribution is -2.27. The van der Waals surface area contributed by atoms with Crippen molar-refractivity contribution in [1.29, 1.82) is 0 Å². The Morgan fingerprint density at radius 2 is 1.88 bits per heavy atom. The first-order valence-corrected chi connectivity index (χ1v) is 7.99. The molecule has 2 N–H and O–H groups in total. The highest BCUT2D eigenvalue weighted by Crippen LogP contribution is 2.17. The fourth-order valence-electron chi connectivity index (χ4n) is 2.28. The van der Waals surface area contributed by atoms with Crippen LogP contribution in [0, 0.1) is 5.82 Å². The fraction of sp³-hybridized carbons (Fsp3) is 0.263. The highest BCUT2D eigenvalue weighted by Gasteiger charge is 2.10. The molecule has 1 atom stereocenters. The Bertz CT molecular complexity index is 732. The molecule has 0 saturated heterocycles. The molecule has 0 unspecified atom stereocenters. The lowest BCUT2D eigenvalue weighted by atomic mass is 10.1. The van der Waals surface area contributed by atoms with E-state index in [9.17, 15) is 14.0 Å². The van der Waals surface area contributed by atoms with E-state index < -0.39 is 0 Å². The number of amides is 2. The molecule has 6 heteroatoms. The predicted octanol–water partition coefficient (Wildman–Crippen LogP) is 3.43. The van der Waals surface area contributed by atoms with E-state index in [4.69, 9.17) is 4.74 Å². The molecule has 0 aliphatic carbocycles. The molecule has 0 aromatic heterocycles. The van der Waals surface area contributed by atoms with Crippen LogP contribution in [0.1, 0.15) is 31.9 Å². The van der Waals surface area contributed by atoms with Gasteiger partial charge in [0.2, 0.25) is 11.8 Å². The predicted molar refractivity (Wildman–Crippen MR) is 93.8 cm³/mol. The third kappa shape index (κ3) is 6.25. The number of carbonyl (C=O) groups excluding carboxylic acids is 2. The summed E-state index contributed by atoms with van der Waals surface area (Å²) in [6, 6.07) is 12.8. The average Bonchev–Trinajstić information content (AvgIpc) is 2.56. The Balaban J connectivity index is 1.81. The van der Waals surface area contributed by atoms with Crippen LogP contribution in [0.3, 0.4) is 0 Å². The van der Waals surface area contributed by atoms with E-state index in [-0.39, 0.29) is 36.7 Å². The molecule has 0 heterocycles. The standard InChI is InChI=1S/C19H21FN2O3/c1-13(15-4-3-5-17(12-15)22-14(2)23)21-19(24)10-11-25-18-8-6-16(20)7-9-18/h3-9,12-13H,10-11H2,1-2H3,(H,21,24)(H,22,23)/t13-/m0/s1. The maximum atomic E-state index is 12.8. The molecule has 2 aromatic carbocycles. The van der Waals surface area contributed by atoms with Gasteiger partial charge in [0.15, 0.2) is 0 Å². The van der Waals surface area contributed by atoms with Crippen LogP contribution in [-0.2, 0) is 9.59 Å². The summed E-state index contributed by atoms with van der Waals surface area (Å²) in [5, 5.41) is 5.59. The van der Waals surface area contributed by atoms with E-state index in [1.807, 2.05) is 25.1 Å². The first kappa shape index (κ1) is 18.4. The van der Waals surface area contributed by atoms with Gasteiger partial charge >= 0.3 is 0 Å². The van der Waals surface area contributed by atoms with Gasteiger partial charge in [-0.2, -0.15) is 0 Å². The van der Waals surface area contributed by atoms with Crippen molar-refractivity contribution >= 4 is 17.5 Å². The van der Waals surface area contributed by atoms with Crippen molar-refractivity contribution in [2.45, 2.75) is 26.3 Å². The lowest BCUT2D eigenvalue weighted by molar-refractivity contribution is -0.122. The molecule has 2 amide bonds. The largest absolute Gasteiger partial charge is 0.493 e. The van der Waals surface area contributed by atoms with Crippen molar-refractivity contribution in [2.75, 3.05) is 11.9 Å². The third-order valence-electron chi connectivity index (χ3n) is 3.50. The summed E-state index contributed by atoms with van der Waals surface area (Å²) < 4.78 is 18.2. The maximum Gasteiger partial charge on any atom is 0.223 e. The van der Waals surface area contributed by atoms with Gasteiger partial charge in [0.25, 0.3) is 0 Å². The van der Waals surface area contributed by atoms with Crippen molar-refractivity contribution in [3.05, 3.63) is 59.9 Å². The normalized spacial score (nSPS) is 11.5. The summed E-state index contributed by atoms with van der Waals surface area (Å²) in [5.41, 5.74) is 1.57. The summed E-state index contributed by atoms with van der Waals surface area (Å²) in [6.07, 6.45) is 0.188. The summed E-state index contributed by atoms with van der Waals surface area (Å²) >= 11 is 0. The van der Waals surface area contributed by atoms with Gasteiger partial charge in [-0.15, -0.1) is 0 Å². The minimum Gasteiger partial charge on any atom is -0.493 e. The van der Waals surface area contributed by atoms with E-state index in [0.717, 1.165) is 5.56 Å². The van der Waals surface area contributed by atoms with Crippen LogP contribution < -0.4 is 15.4 Å². The van der Waals surface area contributed by atoms with Crippen molar-refractivity contribution in [1.82, 2.24) is 5.32 Å². The van der Waals surface area contributed by atoms with Crippen LogP contribution in [-0.4, -0.2) is 18.4 Å². The zero-order valence-electron chi connectivity index (χ0n) is 14.2. The molecule has 132 valence electrons. The molecule has 0 aliphatic rings. The van der Waals surface area contributed by atoms with Gasteiger partial charge in [0.1, 0.15) is 11.6 Å². The quantitative estimate of drug-likeness (QED) is 0.809. The van der Waals surface area contributed by atoms with Crippen molar-refractivity contribution in [3.8, 4) is 5.75 Å². The molecule has 2 aromatic rings. The second-order valence-electron chi connectivity index (χ2n) is 5.65. The molecular weight excluding hydrogens is 323 g/mol. The van der Waals surface area contributed by atoms with E-state index in [0.29, 0.717) is 11.4 Å². The lowest BCUT2D eigenvalue weighted by Gasteiger charge is -2.15. The van der Waals surface area contributed by atoms with Crippen LogP contribution in [0.25, 0.3) is 0 Å². The van der Waals surface area contributed by atoms with Gasteiger partial charge in [-0.3, -0.25) is 9.59 Å². The summed E-state index contributed by atoms with van der Waals surface area (Å²) in [6.45, 7) is 3.51. The summed E-state index contributed by atoms with van der Waals surface area (Å²) in [5.74, 6) is -0.114. The van der Waals surface area contributed by atoms with Crippen LogP contribution in [0.5, 0.6) is 5.75 Å². The van der Waals surface area contributed by atoms with Crippen molar-refractivity contribution in [3.63, 3.8) is 0 Å². The number of carbonyl (C=O) groups is 2. The van der Waals surface area contributed by atoms with E-state index in [1.165, 1.54) is 31.2 Å². The highest BCUT2D eigenvalue weighted by molar-refractivity contribution is 5.88. The number of hydrogen-bond donors (Lipinski definition) is 2. The topological polar surface area (TPSA) is 67.4 Å².